The number of piperidine rings is 1. The van der Waals surface area contributed by atoms with Crippen molar-refractivity contribution < 1.29 is 22.5 Å². The number of nitrogens with one attached hydrogen (secondary N) is 1. The molecule has 0 spiro atoms. The highest BCUT2D eigenvalue weighted by Gasteiger charge is 2.37. The number of nitrogens with zero attached hydrogens (tertiary/aromatic N) is 4. The molecule has 0 bridgehead atoms. The molecule has 160 valence electrons. The number of carbonyl (C=O) groups excluding carboxylic acids is 1. The topological polar surface area (TPSA) is 87.9 Å². The fourth-order valence-electron chi connectivity index (χ4n) is 4.09. The summed E-state index contributed by atoms with van der Waals surface area (Å²) in [5.41, 5.74) is 1.54. The summed E-state index contributed by atoms with van der Waals surface area (Å²) in [6, 6.07) is 1.07. The molecule has 1 saturated heterocycles. The van der Waals surface area contributed by atoms with Crippen molar-refractivity contribution >= 4 is 17.0 Å². The van der Waals surface area contributed by atoms with Crippen molar-refractivity contribution in [1.29, 1.82) is 0 Å². The summed E-state index contributed by atoms with van der Waals surface area (Å²) < 4.78 is 46.0. The lowest BCUT2D eigenvalue weighted by molar-refractivity contribution is -0.136. The molecule has 10 heteroatoms. The minimum Gasteiger partial charge on any atom is -0.337 e. The van der Waals surface area contributed by atoms with Gasteiger partial charge in [-0.3, -0.25) is 9.89 Å². The number of aromatic nitrogens is 4. The highest BCUT2D eigenvalue weighted by Crippen LogP contribution is 2.38. The van der Waals surface area contributed by atoms with Crippen LogP contribution in [0.25, 0.3) is 11.1 Å². The number of alkyl halides is 3. The lowest BCUT2D eigenvalue weighted by atomic mass is 9.92. The van der Waals surface area contributed by atoms with Gasteiger partial charge in [-0.15, -0.1) is 0 Å². The summed E-state index contributed by atoms with van der Waals surface area (Å²) >= 11 is 0. The van der Waals surface area contributed by atoms with Crippen LogP contribution in [0.1, 0.15) is 64.4 Å². The summed E-state index contributed by atoms with van der Waals surface area (Å²) in [5, 5.41) is 10.6. The van der Waals surface area contributed by atoms with E-state index in [1.807, 2.05) is 13.8 Å². The van der Waals surface area contributed by atoms with Crippen LogP contribution in [0.4, 0.5) is 13.2 Å². The number of hydrogen-bond acceptors (Lipinski definition) is 5. The van der Waals surface area contributed by atoms with E-state index in [0.29, 0.717) is 25.1 Å². The van der Waals surface area contributed by atoms with Gasteiger partial charge in [-0.05, 0) is 39.2 Å². The van der Waals surface area contributed by atoms with E-state index in [1.165, 1.54) is 6.92 Å². The molecule has 1 aliphatic heterocycles. The summed E-state index contributed by atoms with van der Waals surface area (Å²) in [7, 11) is 0. The van der Waals surface area contributed by atoms with Crippen LogP contribution in [-0.4, -0.2) is 44.2 Å². The van der Waals surface area contributed by atoms with Crippen molar-refractivity contribution in [3.63, 3.8) is 0 Å². The second-order valence-corrected chi connectivity index (χ2v) is 7.66. The van der Waals surface area contributed by atoms with Crippen LogP contribution in [0.3, 0.4) is 0 Å². The first-order chi connectivity index (χ1) is 14.2. The molecule has 1 unspecified atom stereocenters. The Morgan fingerprint density at radius 3 is 2.80 bits per heavy atom. The lowest BCUT2D eigenvalue weighted by Crippen LogP contribution is -2.39. The summed E-state index contributed by atoms with van der Waals surface area (Å²) in [4.78, 5) is 18.9. The van der Waals surface area contributed by atoms with Crippen LogP contribution in [0.5, 0.6) is 0 Å². The quantitative estimate of drug-likeness (QED) is 0.686. The van der Waals surface area contributed by atoms with Gasteiger partial charge in [-0.2, -0.15) is 18.3 Å². The predicted molar refractivity (Wildman–Crippen MR) is 102 cm³/mol. The SMILES string of the molecule is CCc1[nH]nc(C(=O)N2CCCC(c3cc(C(F)(F)F)c4c(C)noc4n3)C2)c1C. The number of aryl methyl sites for hydroxylation is 2. The fourth-order valence-corrected chi connectivity index (χ4v) is 4.09. The monoisotopic (exact) mass is 421 g/mol. The molecule has 7 nitrogen and oxygen atoms in total. The molecule has 4 heterocycles. The van der Waals surface area contributed by atoms with Crippen molar-refractivity contribution in [3.8, 4) is 0 Å². The van der Waals surface area contributed by atoms with E-state index in [9.17, 15) is 18.0 Å². The molecule has 1 amide bonds. The van der Waals surface area contributed by atoms with Gasteiger partial charge in [0.1, 0.15) is 0 Å². The number of pyridine rings is 1. The number of fused-ring (bicyclic) bond motifs is 1. The zero-order valence-corrected chi connectivity index (χ0v) is 16.9. The van der Waals surface area contributed by atoms with Gasteiger partial charge in [-0.1, -0.05) is 12.1 Å². The third-order valence-corrected chi connectivity index (χ3v) is 5.74. The highest BCUT2D eigenvalue weighted by molar-refractivity contribution is 5.94. The average molecular weight is 421 g/mol. The molecule has 1 atom stereocenters. The largest absolute Gasteiger partial charge is 0.417 e. The van der Waals surface area contributed by atoms with Gasteiger partial charge < -0.3 is 9.42 Å². The maximum absolute atomic E-state index is 13.7. The van der Waals surface area contributed by atoms with Crippen molar-refractivity contribution in [2.75, 3.05) is 13.1 Å². The molecule has 0 aliphatic carbocycles. The van der Waals surface area contributed by atoms with Crippen molar-refractivity contribution in [1.82, 2.24) is 25.2 Å². The summed E-state index contributed by atoms with van der Waals surface area (Å²) in [6.45, 7) is 6.07. The zero-order chi connectivity index (χ0) is 21.6. The standard InChI is InChI=1S/C20H22F3N5O2/c1-4-14-10(2)17(26-25-14)19(29)28-7-5-6-12(9-28)15-8-13(20(21,22)23)16-11(3)27-30-18(16)24-15/h8,12H,4-7,9H2,1-3H3,(H,25,26). The second kappa shape index (κ2) is 7.41. The molecule has 0 aromatic carbocycles. The number of halogens is 3. The van der Waals surface area contributed by atoms with E-state index in [-0.39, 0.29) is 40.9 Å². The highest BCUT2D eigenvalue weighted by atomic mass is 19.4. The maximum Gasteiger partial charge on any atom is 0.417 e. The van der Waals surface area contributed by atoms with Gasteiger partial charge in [0.25, 0.3) is 11.6 Å². The smallest absolute Gasteiger partial charge is 0.337 e. The van der Waals surface area contributed by atoms with Gasteiger partial charge in [-0.25, -0.2) is 4.98 Å². The van der Waals surface area contributed by atoms with Crippen molar-refractivity contribution in [2.24, 2.45) is 0 Å². The van der Waals surface area contributed by atoms with E-state index in [2.05, 4.69) is 20.3 Å². The van der Waals surface area contributed by atoms with Gasteiger partial charge in [0.2, 0.25) is 0 Å². The number of aromatic amines is 1. The molecular weight excluding hydrogens is 399 g/mol. The Bertz CT molecular complexity index is 1100. The lowest BCUT2D eigenvalue weighted by Gasteiger charge is -2.32. The van der Waals surface area contributed by atoms with E-state index in [0.717, 1.165) is 23.7 Å². The van der Waals surface area contributed by atoms with E-state index < -0.39 is 11.7 Å². The molecule has 0 radical (unpaired) electrons. The van der Waals surface area contributed by atoms with Crippen molar-refractivity contribution in [2.45, 2.75) is 52.1 Å². The maximum atomic E-state index is 13.7. The van der Waals surface area contributed by atoms with Gasteiger partial charge >= 0.3 is 6.18 Å². The molecule has 0 saturated carbocycles. The molecule has 3 aromatic rings. The first kappa shape index (κ1) is 20.4. The Balaban J connectivity index is 1.66. The number of carbonyl (C=O) groups is 1. The van der Waals surface area contributed by atoms with Crippen LogP contribution >= 0.6 is 0 Å². The molecule has 1 N–H and O–H groups in total. The van der Waals surface area contributed by atoms with Gasteiger partial charge in [0.05, 0.1) is 22.3 Å². The van der Waals surface area contributed by atoms with E-state index in [1.54, 1.807) is 4.90 Å². The second-order valence-electron chi connectivity index (χ2n) is 7.66. The van der Waals surface area contributed by atoms with Crippen molar-refractivity contribution in [3.05, 3.63) is 40.0 Å². The number of rotatable bonds is 3. The van der Waals surface area contributed by atoms with E-state index in [4.69, 9.17) is 4.52 Å². The number of hydrogen-bond donors (Lipinski definition) is 1. The van der Waals surface area contributed by atoms with Gasteiger partial charge in [0.15, 0.2) is 5.69 Å². The zero-order valence-electron chi connectivity index (χ0n) is 16.9. The first-order valence-electron chi connectivity index (χ1n) is 9.88. The molecule has 30 heavy (non-hydrogen) atoms. The third-order valence-electron chi connectivity index (χ3n) is 5.74. The minimum atomic E-state index is -4.56. The summed E-state index contributed by atoms with van der Waals surface area (Å²) in [5.74, 6) is -0.552. The third kappa shape index (κ3) is 3.44. The van der Waals surface area contributed by atoms with Crippen LogP contribution in [0.2, 0.25) is 0 Å². The number of likely N-dealkylation sites (tertiary alicyclic amines) is 1. The Kier molecular flexibility index (Phi) is 5.03. The average Bonchev–Trinajstić information content (AvgIpc) is 3.28. The Morgan fingerprint density at radius 2 is 2.13 bits per heavy atom. The number of H-pyrrole nitrogens is 1. The molecule has 3 aromatic heterocycles. The van der Waals surface area contributed by atoms with Gasteiger partial charge in [0, 0.05) is 30.3 Å². The summed E-state index contributed by atoms with van der Waals surface area (Å²) in [6.07, 6.45) is -2.53. The normalized spacial score (nSPS) is 17.7. The fraction of sp³-hybridized carbons (Fsp3) is 0.500. The number of amides is 1. The Labute approximate surface area is 170 Å². The van der Waals surface area contributed by atoms with E-state index >= 15 is 0 Å². The van der Waals surface area contributed by atoms with Crippen LogP contribution < -0.4 is 0 Å². The van der Waals surface area contributed by atoms with Crippen LogP contribution in [0, 0.1) is 13.8 Å². The Hall–Kier alpha value is -2.91. The molecule has 4 rings (SSSR count). The molecule has 1 fully saturated rings. The first-order valence-corrected chi connectivity index (χ1v) is 9.88. The Morgan fingerprint density at radius 1 is 1.37 bits per heavy atom. The van der Waals surface area contributed by atoms with Crippen LogP contribution in [-0.2, 0) is 12.6 Å². The molecule has 1 aliphatic rings. The predicted octanol–water partition coefficient (Wildman–Crippen LogP) is 4.16. The minimum absolute atomic E-state index is 0.116. The molecular formula is C20H22F3N5O2. The van der Waals surface area contributed by atoms with Crippen LogP contribution in [0.15, 0.2) is 10.6 Å².